The first-order valence-electron chi connectivity index (χ1n) is 7.21. The van der Waals surface area contributed by atoms with Gasteiger partial charge in [0.25, 0.3) is 0 Å². The molecule has 19 heavy (non-hydrogen) atoms. The molecular weight excluding hydrogens is 242 g/mol. The number of amides is 1. The lowest BCUT2D eigenvalue weighted by molar-refractivity contribution is -0.117. The van der Waals surface area contributed by atoms with Gasteiger partial charge in [-0.15, -0.1) is 0 Å². The molecule has 2 atom stereocenters. The van der Waals surface area contributed by atoms with Crippen molar-refractivity contribution in [1.29, 1.82) is 0 Å². The maximum absolute atomic E-state index is 12.3. The topological polar surface area (TPSA) is 46.6 Å². The molecule has 4 nitrogen and oxygen atoms in total. The molecule has 110 valence electrons. The summed E-state index contributed by atoms with van der Waals surface area (Å²) >= 11 is 0. The van der Waals surface area contributed by atoms with Gasteiger partial charge in [-0.25, -0.2) is 4.79 Å². The second-order valence-electron chi connectivity index (χ2n) is 6.56. The highest BCUT2D eigenvalue weighted by Gasteiger charge is 2.34. The Labute approximate surface area is 116 Å². The lowest BCUT2D eigenvalue weighted by atomic mass is 9.93. The van der Waals surface area contributed by atoms with Crippen LogP contribution in [-0.2, 0) is 9.53 Å². The number of Topliss-reactive ketones (excluding diaryl/α,β-unsaturated/α-hetero) is 1. The maximum atomic E-state index is 12.3. The second kappa shape index (κ2) is 6.40. The molecule has 0 bridgehead atoms. The zero-order chi connectivity index (χ0) is 14.6. The van der Waals surface area contributed by atoms with Crippen molar-refractivity contribution in [3.63, 3.8) is 0 Å². The highest BCUT2D eigenvalue weighted by atomic mass is 16.6. The van der Waals surface area contributed by atoms with Crippen LogP contribution < -0.4 is 0 Å². The summed E-state index contributed by atoms with van der Waals surface area (Å²) < 4.78 is 5.49. The average Bonchev–Trinajstić information content (AvgIpc) is 2.23. The van der Waals surface area contributed by atoms with Crippen molar-refractivity contribution in [2.24, 2.45) is 0 Å². The number of hydrogen-bond acceptors (Lipinski definition) is 3. The molecule has 0 spiro atoms. The third-order valence-electron chi connectivity index (χ3n) is 3.46. The van der Waals surface area contributed by atoms with Crippen molar-refractivity contribution in [3.8, 4) is 0 Å². The van der Waals surface area contributed by atoms with Crippen LogP contribution in [0.2, 0.25) is 0 Å². The lowest BCUT2D eigenvalue weighted by Crippen LogP contribution is -2.50. The van der Waals surface area contributed by atoms with Gasteiger partial charge >= 0.3 is 6.09 Å². The van der Waals surface area contributed by atoms with E-state index in [9.17, 15) is 9.59 Å². The number of ketones is 1. The van der Waals surface area contributed by atoms with Crippen LogP contribution in [-0.4, -0.2) is 34.5 Å². The lowest BCUT2D eigenvalue weighted by Gasteiger charge is -2.41. The van der Waals surface area contributed by atoms with Crippen LogP contribution in [0.25, 0.3) is 0 Å². The van der Waals surface area contributed by atoms with Gasteiger partial charge < -0.3 is 14.4 Å². The minimum absolute atomic E-state index is 0.141. The van der Waals surface area contributed by atoms with E-state index in [1.165, 1.54) is 0 Å². The van der Waals surface area contributed by atoms with Crippen molar-refractivity contribution in [1.82, 2.24) is 4.90 Å². The number of carbonyl (C=O) groups is 2. The predicted octanol–water partition coefficient (Wildman–Crippen LogP) is 3.53. The van der Waals surface area contributed by atoms with Gasteiger partial charge in [-0.05, 0) is 60.3 Å². The van der Waals surface area contributed by atoms with Gasteiger partial charge in [-0.3, -0.25) is 0 Å². The molecule has 4 heteroatoms. The Morgan fingerprint density at radius 2 is 1.89 bits per heavy atom. The first-order chi connectivity index (χ1) is 8.70. The summed E-state index contributed by atoms with van der Waals surface area (Å²) in [5.74, 6) is 0.183. The van der Waals surface area contributed by atoms with Crippen LogP contribution in [0.3, 0.4) is 0 Å². The minimum atomic E-state index is -0.473. The fourth-order valence-electron chi connectivity index (χ4n) is 2.58. The number of likely N-dealkylation sites (tertiary alicyclic amines) is 1. The van der Waals surface area contributed by atoms with Crippen LogP contribution >= 0.6 is 0 Å². The molecule has 1 fully saturated rings. The van der Waals surface area contributed by atoms with E-state index in [0.717, 1.165) is 25.7 Å². The second-order valence-corrected chi connectivity index (χ2v) is 6.56. The van der Waals surface area contributed by atoms with Gasteiger partial charge in [-0.1, -0.05) is 0 Å². The van der Waals surface area contributed by atoms with Gasteiger partial charge in [0.1, 0.15) is 11.4 Å². The summed E-state index contributed by atoms with van der Waals surface area (Å²) in [4.78, 5) is 25.3. The zero-order valence-electron chi connectivity index (χ0n) is 12.9. The predicted molar refractivity (Wildman–Crippen MR) is 75.1 cm³/mol. The van der Waals surface area contributed by atoms with Crippen LogP contribution in [0.15, 0.2) is 0 Å². The standard InChI is InChI=1S/C15H27NO3/c1-11-7-6-8-13(10-9-12(2)17)16(11)14(18)19-15(3,4)5/h11,13H,6-10H2,1-5H3/t11-,13-/m0/s1. The highest BCUT2D eigenvalue weighted by molar-refractivity contribution is 5.75. The van der Waals surface area contributed by atoms with E-state index in [2.05, 4.69) is 6.92 Å². The molecule has 1 rings (SSSR count). The number of rotatable bonds is 3. The van der Waals surface area contributed by atoms with Crippen molar-refractivity contribution in [3.05, 3.63) is 0 Å². The molecule has 1 aliphatic rings. The van der Waals surface area contributed by atoms with E-state index in [1.807, 2.05) is 25.7 Å². The molecule has 0 aliphatic carbocycles. The van der Waals surface area contributed by atoms with Crippen LogP contribution in [0.4, 0.5) is 4.79 Å². The smallest absolute Gasteiger partial charge is 0.410 e. The fourth-order valence-corrected chi connectivity index (χ4v) is 2.58. The molecule has 0 aromatic heterocycles. The van der Waals surface area contributed by atoms with Gasteiger partial charge in [0.2, 0.25) is 0 Å². The van der Waals surface area contributed by atoms with Crippen molar-refractivity contribution in [2.45, 2.75) is 84.4 Å². The first kappa shape index (κ1) is 16.0. The number of carbonyl (C=O) groups excluding carboxylic acids is 2. The Hall–Kier alpha value is -1.06. The molecule has 0 unspecified atom stereocenters. The minimum Gasteiger partial charge on any atom is -0.444 e. The van der Waals surface area contributed by atoms with E-state index in [-0.39, 0.29) is 24.0 Å². The Bertz CT molecular complexity index is 333. The number of piperidine rings is 1. The average molecular weight is 269 g/mol. The van der Waals surface area contributed by atoms with E-state index >= 15 is 0 Å². The van der Waals surface area contributed by atoms with E-state index < -0.39 is 5.60 Å². The molecule has 1 saturated heterocycles. The normalized spacial score (nSPS) is 24.2. The van der Waals surface area contributed by atoms with Crippen LogP contribution in [0.1, 0.15) is 66.7 Å². The summed E-state index contributed by atoms with van der Waals surface area (Å²) in [5, 5.41) is 0. The maximum Gasteiger partial charge on any atom is 0.410 e. The number of hydrogen-bond donors (Lipinski definition) is 0. The van der Waals surface area contributed by atoms with E-state index in [1.54, 1.807) is 6.92 Å². The summed E-state index contributed by atoms with van der Waals surface area (Å²) in [6, 6.07) is 0.336. The third-order valence-corrected chi connectivity index (χ3v) is 3.46. The fraction of sp³-hybridized carbons (Fsp3) is 0.867. The summed E-state index contributed by atoms with van der Waals surface area (Å²) in [5.41, 5.74) is -0.473. The third kappa shape index (κ3) is 5.21. The number of ether oxygens (including phenoxy) is 1. The molecule has 1 aliphatic heterocycles. The SMILES string of the molecule is CC(=O)CC[C@@H]1CCC[C@H](C)N1C(=O)OC(C)(C)C. The van der Waals surface area contributed by atoms with Crippen molar-refractivity contribution < 1.29 is 14.3 Å². The molecule has 0 saturated carbocycles. The monoisotopic (exact) mass is 269 g/mol. The molecule has 1 heterocycles. The number of nitrogens with zero attached hydrogens (tertiary/aromatic N) is 1. The molecule has 0 N–H and O–H groups in total. The molecular formula is C15H27NO3. The van der Waals surface area contributed by atoms with E-state index in [0.29, 0.717) is 6.42 Å². The Kier molecular flexibility index (Phi) is 5.39. The van der Waals surface area contributed by atoms with Crippen molar-refractivity contribution in [2.75, 3.05) is 0 Å². The highest BCUT2D eigenvalue weighted by Crippen LogP contribution is 2.27. The van der Waals surface area contributed by atoms with Gasteiger partial charge in [-0.2, -0.15) is 0 Å². The van der Waals surface area contributed by atoms with Crippen LogP contribution in [0.5, 0.6) is 0 Å². The van der Waals surface area contributed by atoms with Gasteiger partial charge in [0, 0.05) is 18.5 Å². The Morgan fingerprint density at radius 3 is 2.42 bits per heavy atom. The molecule has 0 aromatic rings. The summed E-state index contributed by atoms with van der Waals surface area (Å²) in [7, 11) is 0. The summed E-state index contributed by atoms with van der Waals surface area (Å²) in [6.45, 7) is 9.30. The van der Waals surface area contributed by atoms with Crippen LogP contribution in [0, 0.1) is 0 Å². The Balaban J connectivity index is 2.71. The largest absolute Gasteiger partial charge is 0.444 e. The van der Waals surface area contributed by atoms with Gasteiger partial charge in [0.05, 0.1) is 0 Å². The molecule has 1 amide bonds. The Morgan fingerprint density at radius 1 is 1.26 bits per heavy atom. The quantitative estimate of drug-likeness (QED) is 0.787. The first-order valence-corrected chi connectivity index (χ1v) is 7.21. The molecule has 0 radical (unpaired) electrons. The van der Waals surface area contributed by atoms with E-state index in [4.69, 9.17) is 4.74 Å². The zero-order valence-corrected chi connectivity index (χ0v) is 12.9. The summed E-state index contributed by atoms with van der Waals surface area (Å²) in [6.07, 6.45) is 4.14. The van der Waals surface area contributed by atoms with Gasteiger partial charge in [0.15, 0.2) is 0 Å². The molecule has 0 aromatic carbocycles. The van der Waals surface area contributed by atoms with Crippen molar-refractivity contribution >= 4 is 11.9 Å².